The number of nitrogens with one attached hydrogen (secondary N) is 2. The summed E-state index contributed by atoms with van der Waals surface area (Å²) in [5.74, 6) is 0.239. The van der Waals surface area contributed by atoms with Gasteiger partial charge in [-0.3, -0.25) is 4.79 Å². The standard InChI is InChI=1S/C28H37N5O3/c1-7-21-13-9-10-14-22(21)29-27(35)32(16-17-36-6)19-26(34)30-25-18-24(28(3,4)5)31-33(25)23-15-11-8-12-20(23)2/h8-15,18H,7,16-17,19H2,1-6H3,(H,29,35)(H,30,34). The Bertz CT molecular complexity index is 1200. The Kier molecular flexibility index (Phi) is 8.88. The van der Waals surface area contributed by atoms with Gasteiger partial charge in [-0.05, 0) is 36.6 Å². The second-order valence-corrected chi connectivity index (χ2v) is 9.77. The molecule has 3 rings (SSSR count). The quantitative estimate of drug-likeness (QED) is 0.433. The van der Waals surface area contributed by atoms with Crippen LogP contribution in [0.3, 0.4) is 0 Å². The molecule has 3 aromatic rings. The first-order valence-electron chi connectivity index (χ1n) is 12.2. The number of aryl methyl sites for hydroxylation is 2. The van der Waals surface area contributed by atoms with E-state index in [1.54, 1.807) is 11.8 Å². The molecule has 2 N–H and O–H groups in total. The van der Waals surface area contributed by atoms with Crippen LogP contribution < -0.4 is 10.6 Å². The first kappa shape index (κ1) is 26.9. The summed E-state index contributed by atoms with van der Waals surface area (Å²) in [6.07, 6.45) is 0.786. The third-order valence-corrected chi connectivity index (χ3v) is 5.92. The molecule has 0 saturated heterocycles. The van der Waals surface area contributed by atoms with Crippen LogP contribution in [0, 0.1) is 6.92 Å². The van der Waals surface area contributed by atoms with Crippen molar-refractivity contribution < 1.29 is 14.3 Å². The molecule has 0 unspecified atom stereocenters. The summed E-state index contributed by atoms with van der Waals surface area (Å²) in [5.41, 5.74) is 4.33. The molecule has 1 aromatic heterocycles. The van der Waals surface area contributed by atoms with Gasteiger partial charge in [-0.2, -0.15) is 5.10 Å². The maximum absolute atomic E-state index is 13.2. The predicted octanol–water partition coefficient (Wildman–Crippen LogP) is 5.16. The number of carbonyl (C=O) groups excluding carboxylic acids is 2. The summed E-state index contributed by atoms with van der Waals surface area (Å²) in [4.78, 5) is 27.7. The average molecular weight is 492 g/mol. The lowest BCUT2D eigenvalue weighted by molar-refractivity contribution is -0.116. The SMILES string of the molecule is CCc1ccccc1NC(=O)N(CCOC)CC(=O)Nc1cc(C(C)(C)C)nn1-c1ccccc1C. The highest BCUT2D eigenvalue weighted by Crippen LogP contribution is 2.27. The maximum Gasteiger partial charge on any atom is 0.322 e. The zero-order valence-electron chi connectivity index (χ0n) is 22.1. The minimum atomic E-state index is -0.356. The van der Waals surface area contributed by atoms with Gasteiger partial charge in [0.25, 0.3) is 0 Å². The fraction of sp³-hybridized carbons (Fsp3) is 0.393. The van der Waals surface area contributed by atoms with Crippen molar-refractivity contribution in [3.8, 4) is 5.69 Å². The fourth-order valence-corrected chi connectivity index (χ4v) is 3.78. The lowest BCUT2D eigenvalue weighted by Gasteiger charge is -2.23. The van der Waals surface area contributed by atoms with Gasteiger partial charge in [-0.1, -0.05) is 64.1 Å². The maximum atomic E-state index is 13.2. The van der Waals surface area contributed by atoms with E-state index in [1.807, 2.05) is 68.4 Å². The molecule has 1 heterocycles. The normalized spacial score (nSPS) is 11.3. The van der Waals surface area contributed by atoms with Crippen molar-refractivity contribution in [1.29, 1.82) is 0 Å². The molecule has 192 valence electrons. The summed E-state index contributed by atoms with van der Waals surface area (Å²) in [6.45, 7) is 10.7. The summed E-state index contributed by atoms with van der Waals surface area (Å²) < 4.78 is 6.94. The van der Waals surface area contributed by atoms with E-state index in [0.717, 1.165) is 34.6 Å². The molecule has 0 aliphatic carbocycles. The molecular formula is C28H37N5O3. The van der Waals surface area contributed by atoms with E-state index in [1.165, 1.54) is 4.90 Å². The van der Waals surface area contributed by atoms with Gasteiger partial charge < -0.3 is 20.3 Å². The Balaban J connectivity index is 1.83. The molecule has 0 aliphatic rings. The molecule has 0 fully saturated rings. The van der Waals surface area contributed by atoms with Gasteiger partial charge in [0.15, 0.2) is 0 Å². The molecule has 0 atom stereocenters. The highest BCUT2D eigenvalue weighted by Gasteiger charge is 2.24. The number of benzene rings is 2. The Hall–Kier alpha value is -3.65. The average Bonchev–Trinajstić information content (AvgIpc) is 3.26. The molecule has 3 amide bonds. The number of aromatic nitrogens is 2. The lowest BCUT2D eigenvalue weighted by Crippen LogP contribution is -2.42. The van der Waals surface area contributed by atoms with Gasteiger partial charge in [0.05, 0.1) is 18.0 Å². The number of amides is 3. The highest BCUT2D eigenvalue weighted by molar-refractivity contribution is 5.97. The number of hydrogen-bond acceptors (Lipinski definition) is 4. The zero-order chi connectivity index (χ0) is 26.3. The van der Waals surface area contributed by atoms with Gasteiger partial charge in [-0.15, -0.1) is 0 Å². The lowest BCUT2D eigenvalue weighted by atomic mass is 9.92. The minimum Gasteiger partial charge on any atom is -0.383 e. The number of ether oxygens (including phenoxy) is 1. The van der Waals surface area contributed by atoms with Crippen LogP contribution in [0.15, 0.2) is 54.6 Å². The summed E-state index contributed by atoms with van der Waals surface area (Å²) in [7, 11) is 1.57. The van der Waals surface area contributed by atoms with Gasteiger partial charge in [0, 0.05) is 30.8 Å². The van der Waals surface area contributed by atoms with E-state index < -0.39 is 0 Å². The van der Waals surface area contributed by atoms with Gasteiger partial charge in [-0.25, -0.2) is 9.48 Å². The van der Waals surface area contributed by atoms with Crippen LogP contribution in [-0.4, -0.2) is 53.4 Å². The van der Waals surface area contributed by atoms with Crippen LogP contribution >= 0.6 is 0 Å². The Morgan fingerprint density at radius 3 is 2.42 bits per heavy atom. The number of nitrogens with zero attached hydrogens (tertiary/aromatic N) is 3. The number of carbonyl (C=O) groups is 2. The molecule has 8 heteroatoms. The van der Waals surface area contributed by atoms with E-state index >= 15 is 0 Å². The molecule has 0 bridgehead atoms. The van der Waals surface area contributed by atoms with Crippen molar-refractivity contribution in [2.24, 2.45) is 0 Å². The Morgan fingerprint density at radius 1 is 1.06 bits per heavy atom. The fourth-order valence-electron chi connectivity index (χ4n) is 3.78. The monoisotopic (exact) mass is 491 g/mol. The summed E-state index contributed by atoms with van der Waals surface area (Å²) in [6, 6.07) is 17.1. The van der Waals surface area contributed by atoms with Crippen LogP contribution in [-0.2, 0) is 21.4 Å². The second-order valence-electron chi connectivity index (χ2n) is 9.77. The number of anilines is 2. The minimum absolute atomic E-state index is 0.132. The largest absolute Gasteiger partial charge is 0.383 e. The molecule has 0 radical (unpaired) electrons. The van der Waals surface area contributed by atoms with E-state index in [4.69, 9.17) is 9.84 Å². The van der Waals surface area contributed by atoms with Crippen molar-refractivity contribution in [3.63, 3.8) is 0 Å². The molecule has 2 aromatic carbocycles. The molecule has 8 nitrogen and oxygen atoms in total. The molecular weight excluding hydrogens is 454 g/mol. The topological polar surface area (TPSA) is 88.5 Å². The zero-order valence-corrected chi connectivity index (χ0v) is 22.1. The van der Waals surface area contributed by atoms with Gasteiger partial charge in [0.2, 0.25) is 5.91 Å². The van der Waals surface area contributed by atoms with Crippen molar-refractivity contribution in [3.05, 3.63) is 71.4 Å². The van der Waals surface area contributed by atoms with Crippen molar-refractivity contribution >= 4 is 23.4 Å². The summed E-state index contributed by atoms with van der Waals surface area (Å²) in [5, 5.41) is 10.7. The highest BCUT2D eigenvalue weighted by atomic mass is 16.5. The first-order chi connectivity index (χ1) is 17.1. The Morgan fingerprint density at radius 2 is 1.75 bits per heavy atom. The van der Waals surface area contributed by atoms with Crippen LogP contribution in [0.25, 0.3) is 5.69 Å². The summed E-state index contributed by atoms with van der Waals surface area (Å²) >= 11 is 0. The van der Waals surface area contributed by atoms with E-state index in [2.05, 4.69) is 31.4 Å². The third-order valence-electron chi connectivity index (χ3n) is 5.92. The van der Waals surface area contributed by atoms with Gasteiger partial charge in [0.1, 0.15) is 12.4 Å². The van der Waals surface area contributed by atoms with E-state index in [0.29, 0.717) is 12.4 Å². The molecule has 0 aliphatic heterocycles. The number of hydrogen-bond donors (Lipinski definition) is 2. The van der Waals surface area contributed by atoms with Crippen LogP contribution in [0.1, 0.15) is 44.5 Å². The number of urea groups is 1. The number of para-hydroxylation sites is 2. The van der Waals surface area contributed by atoms with E-state index in [-0.39, 0.29) is 30.4 Å². The smallest absolute Gasteiger partial charge is 0.322 e. The predicted molar refractivity (Wildman–Crippen MR) is 144 cm³/mol. The number of rotatable bonds is 9. The first-order valence-corrected chi connectivity index (χ1v) is 12.2. The molecule has 0 spiro atoms. The molecule has 0 saturated carbocycles. The van der Waals surface area contributed by atoms with Crippen LogP contribution in [0.4, 0.5) is 16.3 Å². The molecule has 36 heavy (non-hydrogen) atoms. The number of methoxy groups -OCH3 is 1. The van der Waals surface area contributed by atoms with Crippen molar-refractivity contribution in [1.82, 2.24) is 14.7 Å². The van der Waals surface area contributed by atoms with Crippen LogP contribution in [0.5, 0.6) is 0 Å². The third kappa shape index (κ3) is 6.73. The second kappa shape index (κ2) is 11.9. The van der Waals surface area contributed by atoms with Gasteiger partial charge >= 0.3 is 6.03 Å². The van der Waals surface area contributed by atoms with Crippen molar-refractivity contribution in [2.75, 3.05) is 37.4 Å². The van der Waals surface area contributed by atoms with Crippen LogP contribution in [0.2, 0.25) is 0 Å². The Labute approximate surface area is 213 Å². The van der Waals surface area contributed by atoms with Crippen molar-refractivity contribution in [2.45, 2.75) is 46.5 Å². The van der Waals surface area contributed by atoms with E-state index in [9.17, 15) is 9.59 Å².